The minimum absolute atomic E-state index is 0.913. The lowest BCUT2D eigenvalue weighted by Crippen LogP contribution is -2.18. The maximum absolute atomic E-state index is 6.34. The van der Waals surface area contributed by atoms with E-state index in [-0.39, 0.29) is 0 Å². The molecule has 0 saturated heterocycles. The van der Waals surface area contributed by atoms with Gasteiger partial charge in [-0.25, -0.2) is 0 Å². The quantitative estimate of drug-likeness (QED) is 0.199. The summed E-state index contributed by atoms with van der Waals surface area (Å²) in [5.74, 6) is 0. The number of para-hydroxylation sites is 1. The fourth-order valence-corrected chi connectivity index (χ4v) is 6.00. The molecule has 212 valence electrons. The lowest BCUT2D eigenvalue weighted by Gasteiger charge is -2.26. The van der Waals surface area contributed by atoms with E-state index in [9.17, 15) is 0 Å². The normalized spacial score (nSPS) is 12.1. The summed E-state index contributed by atoms with van der Waals surface area (Å²) in [4.78, 5) is 2.31. The molecule has 0 atom stereocenters. The molecule has 44 heavy (non-hydrogen) atoms. The second-order valence-corrected chi connectivity index (χ2v) is 10.8. The third kappa shape index (κ3) is 5.12. The highest BCUT2D eigenvalue weighted by Gasteiger charge is 2.15. The van der Waals surface area contributed by atoms with E-state index in [1.54, 1.807) is 0 Å². The van der Waals surface area contributed by atoms with Crippen molar-refractivity contribution in [2.45, 2.75) is 13.8 Å². The van der Waals surface area contributed by atoms with Crippen molar-refractivity contribution in [3.05, 3.63) is 162 Å². The summed E-state index contributed by atoms with van der Waals surface area (Å²) in [6.07, 6.45) is 4.16. The molecule has 0 amide bonds. The van der Waals surface area contributed by atoms with Gasteiger partial charge in [0.2, 0.25) is 0 Å². The minimum atomic E-state index is 0.913. The Hall–Kier alpha value is -5.60. The fourth-order valence-electron chi connectivity index (χ4n) is 6.00. The molecule has 0 aliphatic rings. The van der Waals surface area contributed by atoms with Crippen LogP contribution in [-0.2, 0) is 0 Å². The molecule has 0 aliphatic carbocycles. The van der Waals surface area contributed by atoms with Gasteiger partial charge in [0.1, 0.15) is 11.0 Å². The molecule has 1 heterocycles. The average Bonchev–Trinajstić information content (AvgIpc) is 3.48. The Labute approximate surface area is 258 Å². The van der Waals surface area contributed by atoms with Crippen LogP contribution in [0, 0.1) is 0 Å². The Balaban J connectivity index is 1.30. The van der Waals surface area contributed by atoms with Gasteiger partial charge in [-0.3, -0.25) is 0 Å². The number of hydrogen-bond acceptors (Lipinski definition) is 2. The summed E-state index contributed by atoms with van der Waals surface area (Å²) in [7, 11) is 0. The lowest BCUT2D eigenvalue weighted by molar-refractivity contribution is 0.575. The van der Waals surface area contributed by atoms with Crippen LogP contribution in [0.1, 0.15) is 13.8 Å². The van der Waals surface area contributed by atoms with Gasteiger partial charge in [0, 0.05) is 33.2 Å². The number of fused-ring (bicyclic) bond motifs is 1. The Morgan fingerprint density at radius 2 is 0.886 bits per heavy atom. The summed E-state index contributed by atoms with van der Waals surface area (Å²) in [5, 5.41) is 2.28. The van der Waals surface area contributed by atoms with Gasteiger partial charge >= 0.3 is 0 Å². The monoisotopic (exact) mass is 567 g/mol. The van der Waals surface area contributed by atoms with Crippen LogP contribution >= 0.6 is 0 Å². The number of nitrogens with zero attached hydrogens (tertiary/aromatic N) is 1. The highest BCUT2D eigenvalue weighted by molar-refractivity contribution is 5.93. The van der Waals surface area contributed by atoms with Gasteiger partial charge in [-0.05, 0) is 84.1 Å². The largest absolute Gasteiger partial charge is 0.456 e. The average molecular weight is 568 g/mol. The van der Waals surface area contributed by atoms with Gasteiger partial charge in [-0.2, -0.15) is 0 Å². The SMILES string of the molecule is C/C=c1\c(=C/C)oc2c(-c3ccc(N(c4ccc(-c5ccccc5)cc4)c4ccc(-c5ccccc5)cc4)cc3)cccc12. The van der Waals surface area contributed by atoms with Crippen molar-refractivity contribution in [3.8, 4) is 33.4 Å². The van der Waals surface area contributed by atoms with E-state index in [0.29, 0.717) is 0 Å². The van der Waals surface area contributed by atoms with E-state index >= 15 is 0 Å². The zero-order valence-electron chi connectivity index (χ0n) is 24.9. The standard InChI is InChI=1S/C42H33NO/c1-3-38-40-17-11-16-39(42(40)44-41(38)4-2)34-22-28-37(29-23-34)43(35-24-18-32(19-25-35)30-12-7-5-8-13-30)36-26-20-33(21-27-36)31-14-9-6-10-15-31/h3-29H,1-2H3/b38-3-,41-4+. The third-order valence-corrected chi connectivity index (χ3v) is 8.24. The van der Waals surface area contributed by atoms with E-state index in [1.165, 1.54) is 22.3 Å². The van der Waals surface area contributed by atoms with Gasteiger partial charge in [-0.15, -0.1) is 0 Å². The Morgan fingerprint density at radius 3 is 1.34 bits per heavy atom. The first-order valence-electron chi connectivity index (χ1n) is 15.1. The molecule has 2 nitrogen and oxygen atoms in total. The molecule has 0 fully saturated rings. The Morgan fingerprint density at radius 1 is 0.432 bits per heavy atom. The van der Waals surface area contributed by atoms with Crippen molar-refractivity contribution in [3.63, 3.8) is 0 Å². The molecule has 0 unspecified atom stereocenters. The van der Waals surface area contributed by atoms with Crippen LogP contribution in [0.3, 0.4) is 0 Å². The molecule has 7 rings (SSSR count). The third-order valence-electron chi connectivity index (χ3n) is 8.24. The van der Waals surface area contributed by atoms with Crippen LogP contribution in [0.15, 0.2) is 156 Å². The number of rotatable bonds is 6. The van der Waals surface area contributed by atoms with E-state index in [4.69, 9.17) is 4.42 Å². The van der Waals surface area contributed by atoms with Crippen molar-refractivity contribution in [1.82, 2.24) is 0 Å². The zero-order valence-corrected chi connectivity index (χ0v) is 24.9. The maximum atomic E-state index is 6.34. The van der Waals surface area contributed by atoms with Crippen LogP contribution in [0.25, 0.3) is 56.5 Å². The van der Waals surface area contributed by atoms with E-state index < -0.39 is 0 Å². The zero-order chi connectivity index (χ0) is 29.9. The minimum Gasteiger partial charge on any atom is -0.456 e. The number of hydrogen-bond donors (Lipinski definition) is 0. The van der Waals surface area contributed by atoms with Crippen molar-refractivity contribution >= 4 is 40.2 Å². The van der Waals surface area contributed by atoms with E-state index in [0.717, 1.165) is 49.8 Å². The molecule has 1 aromatic heterocycles. The van der Waals surface area contributed by atoms with E-state index in [1.807, 2.05) is 13.0 Å². The molecular formula is C42H33NO. The van der Waals surface area contributed by atoms with Gasteiger partial charge in [0.25, 0.3) is 0 Å². The van der Waals surface area contributed by atoms with Gasteiger partial charge in [0.15, 0.2) is 0 Å². The summed E-state index contributed by atoms with van der Waals surface area (Å²) in [6, 6.07) is 53.8. The molecule has 0 N–H and O–H groups in total. The summed E-state index contributed by atoms with van der Waals surface area (Å²) < 4.78 is 6.34. The molecule has 0 radical (unpaired) electrons. The Kier molecular flexibility index (Phi) is 7.40. The first-order chi connectivity index (χ1) is 21.7. The summed E-state index contributed by atoms with van der Waals surface area (Å²) in [6.45, 7) is 4.08. The second-order valence-electron chi connectivity index (χ2n) is 10.8. The molecule has 0 bridgehead atoms. The smallest absolute Gasteiger partial charge is 0.143 e. The van der Waals surface area contributed by atoms with Crippen molar-refractivity contribution in [2.24, 2.45) is 0 Å². The Bertz CT molecular complexity index is 2060. The molecular weight excluding hydrogens is 534 g/mol. The van der Waals surface area contributed by atoms with Gasteiger partial charge in [-0.1, -0.05) is 121 Å². The van der Waals surface area contributed by atoms with Crippen molar-refractivity contribution < 1.29 is 4.42 Å². The predicted molar refractivity (Wildman–Crippen MR) is 187 cm³/mol. The van der Waals surface area contributed by atoms with Crippen LogP contribution in [-0.4, -0.2) is 0 Å². The topological polar surface area (TPSA) is 16.4 Å². The molecule has 0 saturated carbocycles. The van der Waals surface area contributed by atoms with Crippen molar-refractivity contribution in [1.29, 1.82) is 0 Å². The molecule has 0 spiro atoms. The van der Waals surface area contributed by atoms with Gasteiger partial charge in [0.05, 0.1) is 0 Å². The number of benzene rings is 6. The molecule has 6 aromatic carbocycles. The number of anilines is 3. The lowest BCUT2D eigenvalue weighted by atomic mass is 10.0. The summed E-state index contributed by atoms with van der Waals surface area (Å²) in [5.41, 5.74) is 12.2. The van der Waals surface area contributed by atoms with Crippen LogP contribution in [0.4, 0.5) is 17.1 Å². The van der Waals surface area contributed by atoms with Crippen LogP contribution < -0.4 is 15.5 Å². The highest BCUT2D eigenvalue weighted by Crippen LogP contribution is 2.38. The highest BCUT2D eigenvalue weighted by atomic mass is 16.3. The molecule has 0 aliphatic heterocycles. The second kappa shape index (κ2) is 11.9. The molecule has 7 aromatic rings. The predicted octanol–water partition coefficient (Wildman–Crippen LogP) is 10.5. The van der Waals surface area contributed by atoms with Crippen LogP contribution in [0.5, 0.6) is 0 Å². The summed E-state index contributed by atoms with van der Waals surface area (Å²) >= 11 is 0. The fraction of sp³-hybridized carbons (Fsp3) is 0.0476. The first-order valence-corrected chi connectivity index (χ1v) is 15.1. The van der Waals surface area contributed by atoms with E-state index in [2.05, 4.69) is 170 Å². The molecule has 2 heteroatoms. The van der Waals surface area contributed by atoms with Crippen LogP contribution in [0.2, 0.25) is 0 Å². The number of furan rings is 1. The van der Waals surface area contributed by atoms with Gasteiger partial charge < -0.3 is 9.32 Å². The maximum Gasteiger partial charge on any atom is 0.143 e. The first kappa shape index (κ1) is 27.2. The van der Waals surface area contributed by atoms with Crippen molar-refractivity contribution in [2.75, 3.05) is 4.90 Å².